The molecule has 1 saturated heterocycles. The lowest BCUT2D eigenvalue weighted by molar-refractivity contribution is 0.190. The van der Waals surface area contributed by atoms with Gasteiger partial charge in [-0.2, -0.15) is 5.26 Å². The minimum Gasteiger partial charge on any atom is -0.390 e. The number of hydrogen-bond donors (Lipinski definition) is 3. The molecule has 0 aliphatic carbocycles. The van der Waals surface area contributed by atoms with E-state index in [4.69, 9.17) is 5.26 Å². The Hall–Kier alpha value is -2.61. The second-order valence-corrected chi connectivity index (χ2v) is 10.1. The molecule has 3 rings (SSSR count). The number of aliphatic hydroxyl groups excluding tert-OH is 1. The van der Waals surface area contributed by atoms with E-state index in [9.17, 15) is 21.9 Å². The van der Waals surface area contributed by atoms with Crippen LogP contribution < -0.4 is 10.0 Å². The van der Waals surface area contributed by atoms with E-state index >= 15 is 0 Å². The Kier molecular flexibility index (Phi) is 5.10. The van der Waals surface area contributed by atoms with Crippen LogP contribution >= 0.6 is 0 Å². The van der Waals surface area contributed by atoms with Gasteiger partial charge in [-0.15, -0.1) is 0 Å². The topological polar surface area (TPSA) is 136 Å². The van der Waals surface area contributed by atoms with Crippen molar-refractivity contribution in [1.82, 2.24) is 0 Å². The average molecular weight is 407 g/mol. The van der Waals surface area contributed by atoms with Crippen LogP contribution in [0.1, 0.15) is 5.56 Å². The first-order valence-corrected chi connectivity index (χ1v) is 11.3. The molecule has 1 aliphatic heterocycles. The summed E-state index contributed by atoms with van der Waals surface area (Å²) in [6.07, 6.45) is -0.986. The van der Waals surface area contributed by atoms with Crippen molar-refractivity contribution >= 4 is 31.2 Å². The molecule has 0 spiro atoms. The number of sulfonamides is 1. The van der Waals surface area contributed by atoms with Gasteiger partial charge < -0.3 is 10.4 Å². The van der Waals surface area contributed by atoms with Crippen molar-refractivity contribution in [2.75, 3.05) is 21.5 Å². The predicted octanol–water partition coefficient (Wildman–Crippen LogP) is 0.929. The summed E-state index contributed by atoms with van der Waals surface area (Å²) in [6, 6.07) is 13.2. The number of benzene rings is 2. The zero-order valence-corrected chi connectivity index (χ0v) is 15.7. The third-order valence-corrected chi connectivity index (χ3v) is 7.18. The predicted molar refractivity (Wildman–Crippen MR) is 100 cm³/mol. The molecule has 1 heterocycles. The molecule has 1 fully saturated rings. The first-order chi connectivity index (χ1) is 12.7. The van der Waals surface area contributed by atoms with Crippen molar-refractivity contribution in [3.8, 4) is 6.07 Å². The Morgan fingerprint density at radius 3 is 2.33 bits per heavy atom. The van der Waals surface area contributed by atoms with Crippen molar-refractivity contribution < 1.29 is 21.9 Å². The van der Waals surface area contributed by atoms with Crippen LogP contribution in [-0.2, 0) is 19.9 Å². The molecule has 142 valence electrons. The fourth-order valence-electron chi connectivity index (χ4n) is 2.76. The number of nitrogens with zero attached hydrogens (tertiary/aromatic N) is 1. The summed E-state index contributed by atoms with van der Waals surface area (Å²) in [5.74, 6) is -0.428. The number of rotatable bonds is 5. The summed E-state index contributed by atoms with van der Waals surface area (Å²) >= 11 is 0. The molecule has 0 bridgehead atoms. The summed E-state index contributed by atoms with van der Waals surface area (Å²) in [4.78, 5) is -0.0250. The molecule has 10 heteroatoms. The Morgan fingerprint density at radius 1 is 1.07 bits per heavy atom. The third-order valence-electron chi connectivity index (χ3n) is 4.09. The molecular formula is C17H17N3O5S2. The normalized spacial score (nSPS) is 21.3. The van der Waals surface area contributed by atoms with Crippen molar-refractivity contribution in [2.45, 2.75) is 17.0 Å². The number of hydrogen-bond acceptors (Lipinski definition) is 7. The standard InChI is InChI=1S/C17H17N3O5S2/c18-9-12-2-1-3-15(8-12)27(24,25)20-14-6-4-13(5-7-14)19-16-10-26(22,23)11-17(16)21/h1-8,16-17,19-21H,10-11H2/t16-,17+/m1/s1. The van der Waals surface area contributed by atoms with Crippen LogP contribution in [0.15, 0.2) is 53.4 Å². The van der Waals surface area contributed by atoms with Gasteiger partial charge in [-0.25, -0.2) is 16.8 Å². The minimum atomic E-state index is -3.85. The van der Waals surface area contributed by atoms with Crippen molar-refractivity contribution in [3.63, 3.8) is 0 Å². The van der Waals surface area contributed by atoms with Gasteiger partial charge in [0.05, 0.1) is 40.2 Å². The summed E-state index contributed by atoms with van der Waals surface area (Å²) in [5.41, 5.74) is 1.11. The van der Waals surface area contributed by atoms with Crippen molar-refractivity contribution in [2.24, 2.45) is 0 Å². The molecule has 2 atom stereocenters. The van der Waals surface area contributed by atoms with E-state index in [2.05, 4.69) is 10.0 Å². The molecule has 2 aromatic carbocycles. The van der Waals surface area contributed by atoms with Gasteiger partial charge in [0.25, 0.3) is 10.0 Å². The zero-order chi connectivity index (χ0) is 19.7. The third kappa shape index (κ3) is 4.57. The fraction of sp³-hybridized carbons (Fsp3) is 0.235. The Bertz CT molecular complexity index is 1090. The number of nitriles is 1. The highest BCUT2D eigenvalue weighted by atomic mass is 32.2. The summed E-state index contributed by atoms with van der Waals surface area (Å²) < 4.78 is 50.3. The van der Waals surface area contributed by atoms with Crippen molar-refractivity contribution in [3.05, 3.63) is 54.1 Å². The van der Waals surface area contributed by atoms with E-state index in [0.717, 1.165) is 0 Å². The Labute approximate surface area is 157 Å². The molecule has 2 aromatic rings. The molecular weight excluding hydrogens is 390 g/mol. The summed E-state index contributed by atoms with van der Waals surface area (Å²) in [6.45, 7) is 0. The number of aliphatic hydroxyl groups is 1. The van der Waals surface area contributed by atoms with Crippen LogP contribution in [0.3, 0.4) is 0 Å². The second-order valence-electron chi connectivity index (χ2n) is 6.22. The molecule has 0 amide bonds. The quantitative estimate of drug-likeness (QED) is 0.670. The molecule has 3 N–H and O–H groups in total. The van der Waals surface area contributed by atoms with E-state index in [1.165, 1.54) is 36.4 Å². The van der Waals surface area contributed by atoms with Gasteiger partial charge in [0.1, 0.15) is 0 Å². The second kappa shape index (κ2) is 7.19. The summed E-state index contributed by atoms with van der Waals surface area (Å²) in [5, 5.41) is 21.6. The molecule has 0 unspecified atom stereocenters. The van der Waals surface area contributed by atoms with Gasteiger partial charge in [-0.1, -0.05) is 6.07 Å². The number of sulfone groups is 1. The maximum absolute atomic E-state index is 12.4. The Balaban J connectivity index is 1.71. The molecule has 8 nitrogen and oxygen atoms in total. The Morgan fingerprint density at radius 2 is 1.74 bits per heavy atom. The van der Waals surface area contributed by atoms with Crippen LogP contribution in [0.4, 0.5) is 11.4 Å². The van der Waals surface area contributed by atoms with Crippen LogP contribution in [-0.4, -0.2) is 45.6 Å². The van der Waals surface area contributed by atoms with E-state index in [1.807, 2.05) is 6.07 Å². The van der Waals surface area contributed by atoms with Gasteiger partial charge in [0, 0.05) is 11.4 Å². The van der Waals surface area contributed by atoms with Crippen LogP contribution in [0, 0.1) is 11.3 Å². The van der Waals surface area contributed by atoms with E-state index < -0.39 is 32.0 Å². The van der Waals surface area contributed by atoms with Gasteiger partial charge in [0.2, 0.25) is 0 Å². The minimum absolute atomic E-state index is 0.0250. The fourth-order valence-corrected chi connectivity index (χ4v) is 5.61. The van der Waals surface area contributed by atoms with E-state index in [0.29, 0.717) is 11.4 Å². The molecule has 27 heavy (non-hydrogen) atoms. The van der Waals surface area contributed by atoms with Gasteiger partial charge in [-0.05, 0) is 42.5 Å². The molecule has 0 aromatic heterocycles. The lowest BCUT2D eigenvalue weighted by atomic mass is 10.2. The summed E-state index contributed by atoms with van der Waals surface area (Å²) in [7, 11) is -7.11. The van der Waals surface area contributed by atoms with E-state index in [-0.39, 0.29) is 22.0 Å². The smallest absolute Gasteiger partial charge is 0.261 e. The maximum Gasteiger partial charge on any atom is 0.261 e. The van der Waals surface area contributed by atoms with Crippen LogP contribution in [0.5, 0.6) is 0 Å². The van der Waals surface area contributed by atoms with Gasteiger partial charge in [0.15, 0.2) is 9.84 Å². The highest BCUT2D eigenvalue weighted by Gasteiger charge is 2.36. The molecule has 0 radical (unpaired) electrons. The molecule has 0 saturated carbocycles. The highest BCUT2D eigenvalue weighted by Crippen LogP contribution is 2.22. The van der Waals surface area contributed by atoms with Gasteiger partial charge in [-0.3, -0.25) is 4.72 Å². The van der Waals surface area contributed by atoms with Gasteiger partial charge >= 0.3 is 0 Å². The average Bonchev–Trinajstić information content (AvgIpc) is 2.88. The lowest BCUT2D eigenvalue weighted by Gasteiger charge is -2.16. The largest absolute Gasteiger partial charge is 0.390 e. The highest BCUT2D eigenvalue weighted by molar-refractivity contribution is 7.92. The number of nitrogens with one attached hydrogen (secondary N) is 2. The zero-order valence-electron chi connectivity index (χ0n) is 14.0. The maximum atomic E-state index is 12.4. The first-order valence-electron chi connectivity index (χ1n) is 7.97. The first kappa shape index (κ1) is 19.2. The van der Waals surface area contributed by atoms with Crippen LogP contribution in [0.2, 0.25) is 0 Å². The van der Waals surface area contributed by atoms with Crippen molar-refractivity contribution in [1.29, 1.82) is 5.26 Å². The van der Waals surface area contributed by atoms with E-state index in [1.54, 1.807) is 12.1 Å². The number of anilines is 2. The molecule has 1 aliphatic rings. The SMILES string of the molecule is N#Cc1cccc(S(=O)(=O)Nc2ccc(N[C@@H]3CS(=O)(=O)C[C@@H]3O)cc2)c1. The lowest BCUT2D eigenvalue weighted by Crippen LogP contribution is -2.31. The van der Waals surface area contributed by atoms with Crippen LogP contribution in [0.25, 0.3) is 0 Å². The monoisotopic (exact) mass is 407 g/mol.